The average Bonchev–Trinajstić information content (AvgIpc) is 2.75. The van der Waals surface area contributed by atoms with Gasteiger partial charge < -0.3 is 19.5 Å². The van der Waals surface area contributed by atoms with Gasteiger partial charge in [-0.1, -0.05) is 23.7 Å². The molecule has 0 saturated heterocycles. The summed E-state index contributed by atoms with van der Waals surface area (Å²) in [6.45, 7) is -0.798. The fourth-order valence-electron chi connectivity index (χ4n) is 2.79. The molecule has 158 valence electrons. The molecule has 1 heterocycles. The van der Waals surface area contributed by atoms with Gasteiger partial charge in [-0.3, -0.25) is 19.3 Å². The van der Waals surface area contributed by atoms with Crippen molar-refractivity contribution in [1.82, 2.24) is 0 Å². The molecule has 8 nitrogen and oxygen atoms in total. The Hall–Kier alpha value is -2.91. The number of carbonyl (C=O) groups excluding carboxylic acids is 3. The highest BCUT2D eigenvalue weighted by atomic mass is 35.5. The van der Waals surface area contributed by atoms with Crippen LogP contribution in [-0.2, 0) is 19.1 Å². The number of nitrogens with one attached hydrogen (secondary N) is 1. The van der Waals surface area contributed by atoms with Gasteiger partial charge in [0, 0.05) is 17.0 Å². The van der Waals surface area contributed by atoms with E-state index < -0.39 is 18.5 Å². The predicted octanol–water partition coefficient (Wildman–Crippen LogP) is 2.98. The highest BCUT2D eigenvalue weighted by Gasteiger charge is 2.27. The van der Waals surface area contributed by atoms with Crippen molar-refractivity contribution in [3.05, 3.63) is 41.4 Å². The highest BCUT2D eigenvalue weighted by molar-refractivity contribution is 8.00. The molecule has 0 fully saturated rings. The summed E-state index contributed by atoms with van der Waals surface area (Å²) in [4.78, 5) is 38.9. The minimum absolute atomic E-state index is 0.196. The molecule has 0 aromatic heterocycles. The molecule has 0 aliphatic carbocycles. The maximum atomic E-state index is 12.2. The van der Waals surface area contributed by atoms with Crippen LogP contribution in [0.4, 0.5) is 11.4 Å². The van der Waals surface area contributed by atoms with Crippen LogP contribution in [-0.4, -0.2) is 50.9 Å². The maximum absolute atomic E-state index is 12.2. The number of amides is 2. The minimum Gasteiger partial charge on any atom is -0.495 e. The van der Waals surface area contributed by atoms with E-state index in [0.29, 0.717) is 27.9 Å². The van der Waals surface area contributed by atoms with Crippen molar-refractivity contribution < 1.29 is 28.6 Å². The number of esters is 1. The van der Waals surface area contributed by atoms with E-state index >= 15 is 0 Å². The summed E-state index contributed by atoms with van der Waals surface area (Å²) in [6, 6.07) is 10.3. The van der Waals surface area contributed by atoms with Crippen LogP contribution < -0.4 is 19.7 Å². The van der Waals surface area contributed by atoms with Crippen LogP contribution in [0, 0.1) is 0 Å². The molecule has 0 bridgehead atoms. The lowest BCUT2D eigenvalue weighted by Gasteiger charge is -2.27. The lowest BCUT2D eigenvalue weighted by atomic mass is 10.2. The van der Waals surface area contributed by atoms with E-state index in [9.17, 15) is 14.4 Å². The van der Waals surface area contributed by atoms with Crippen LogP contribution in [0.2, 0.25) is 5.02 Å². The number of halogens is 1. The molecule has 2 amide bonds. The third-order valence-corrected chi connectivity index (χ3v) is 5.55. The molecule has 1 aliphatic rings. The second-order valence-electron chi connectivity index (χ2n) is 6.13. The van der Waals surface area contributed by atoms with Crippen molar-refractivity contribution in [2.24, 2.45) is 0 Å². The van der Waals surface area contributed by atoms with Crippen LogP contribution in [0.15, 0.2) is 41.3 Å². The van der Waals surface area contributed by atoms with Gasteiger partial charge in [0.25, 0.3) is 5.91 Å². The molecule has 0 unspecified atom stereocenters. The summed E-state index contributed by atoms with van der Waals surface area (Å²) < 4.78 is 15.4. The van der Waals surface area contributed by atoms with E-state index in [0.717, 1.165) is 4.90 Å². The molecule has 0 spiro atoms. The number of rotatable bonds is 7. The predicted molar refractivity (Wildman–Crippen MR) is 114 cm³/mol. The number of hydrogen-bond donors (Lipinski definition) is 1. The summed E-state index contributed by atoms with van der Waals surface area (Å²) in [5.41, 5.74) is 0.968. The van der Waals surface area contributed by atoms with Gasteiger partial charge in [0.1, 0.15) is 18.0 Å². The van der Waals surface area contributed by atoms with Gasteiger partial charge in [0.2, 0.25) is 5.91 Å². The van der Waals surface area contributed by atoms with Crippen LogP contribution in [0.3, 0.4) is 0 Å². The molecule has 1 aliphatic heterocycles. The third-order valence-electron chi connectivity index (χ3n) is 4.21. The van der Waals surface area contributed by atoms with Crippen molar-refractivity contribution in [2.75, 3.05) is 43.3 Å². The normalized spacial score (nSPS) is 12.8. The lowest BCUT2D eigenvalue weighted by molar-refractivity contribution is -0.146. The summed E-state index contributed by atoms with van der Waals surface area (Å²) >= 11 is 7.45. The third kappa shape index (κ3) is 4.98. The number of benzene rings is 2. The number of ether oxygens (including phenoxy) is 3. The molecule has 30 heavy (non-hydrogen) atoms. The number of fused-ring (bicyclic) bond motifs is 1. The van der Waals surface area contributed by atoms with Crippen LogP contribution in [0.25, 0.3) is 0 Å². The SMILES string of the molecule is COc1cc(NC(=O)COC(=O)CN2C(=O)CSc3ccccc32)c(OC)cc1Cl. The monoisotopic (exact) mass is 450 g/mol. The van der Waals surface area contributed by atoms with Crippen LogP contribution in [0.1, 0.15) is 0 Å². The Morgan fingerprint density at radius 3 is 2.63 bits per heavy atom. The van der Waals surface area contributed by atoms with E-state index in [1.165, 1.54) is 43.0 Å². The molecule has 3 rings (SSSR count). The second-order valence-corrected chi connectivity index (χ2v) is 7.56. The largest absolute Gasteiger partial charge is 0.495 e. The van der Waals surface area contributed by atoms with Gasteiger partial charge >= 0.3 is 5.97 Å². The molecule has 2 aromatic carbocycles. The molecule has 0 atom stereocenters. The van der Waals surface area contributed by atoms with Gasteiger partial charge in [-0.15, -0.1) is 11.8 Å². The molecule has 2 aromatic rings. The summed E-state index contributed by atoms with van der Waals surface area (Å²) in [7, 11) is 2.87. The van der Waals surface area contributed by atoms with E-state index in [1.54, 1.807) is 12.1 Å². The quantitative estimate of drug-likeness (QED) is 0.648. The van der Waals surface area contributed by atoms with Gasteiger partial charge in [-0.2, -0.15) is 0 Å². The Bertz CT molecular complexity index is 984. The van der Waals surface area contributed by atoms with Gasteiger partial charge in [0.15, 0.2) is 6.61 Å². The van der Waals surface area contributed by atoms with Crippen LogP contribution in [0.5, 0.6) is 11.5 Å². The van der Waals surface area contributed by atoms with Gasteiger partial charge in [-0.05, 0) is 12.1 Å². The van der Waals surface area contributed by atoms with E-state index in [-0.39, 0.29) is 18.2 Å². The van der Waals surface area contributed by atoms with E-state index in [4.69, 9.17) is 25.8 Å². The number of anilines is 2. The van der Waals surface area contributed by atoms with Gasteiger partial charge in [-0.25, -0.2) is 0 Å². The zero-order chi connectivity index (χ0) is 21.7. The van der Waals surface area contributed by atoms with Crippen molar-refractivity contribution in [3.8, 4) is 11.5 Å². The number of nitrogens with zero attached hydrogens (tertiary/aromatic N) is 1. The first-order valence-corrected chi connectivity index (χ1v) is 10.2. The highest BCUT2D eigenvalue weighted by Crippen LogP contribution is 2.36. The molecular weight excluding hydrogens is 432 g/mol. The number of methoxy groups -OCH3 is 2. The molecular formula is C20H19ClN2O6S. The molecule has 10 heteroatoms. The Morgan fingerprint density at radius 1 is 1.17 bits per heavy atom. The first-order chi connectivity index (χ1) is 14.4. The molecule has 0 saturated carbocycles. The topological polar surface area (TPSA) is 94.2 Å². The summed E-state index contributed by atoms with van der Waals surface area (Å²) in [5.74, 6) is -0.549. The van der Waals surface area contributed by atoms with Crippen molar-refractivity contribution in [3.63, 3.8) is 0 Å². The second kappa shape index (κ2) is 9.73. The van der Waals surface area contributed by atoms with Crippen molar-refractivity contribution in [1.29, 1.82) is 0 Å². The van der Waals surface area contributed by atoms with E-state index in [1.807, 2.05) is 12.1 Å². The first kappa shape index (κ1) is 21.8. The molecule has 1 N–H and O–H groups in total. The Morgan fingerprint density at radius 2 is 1.90 bits per heavy atom. The smallest absolute Gasteiger partial charge is 0.326 e. The Kier molecular flexibility index (Phi) is 7.07. The van der Waals surface area contributed by atoms with E-state index in [2.05, 4.69) is 5.32 Å². The van der Waals surface area contributed by atoms with Crippen LogP contribution >= 0.6 is 23.4 Å². The summed E-state index contributed by atoms with van der Waals surface area (Å²) in [6.07, 6.45) is 0. The fourth-order valence-corrected chi connectivity index (χ4v) is 3.96. The van der Waals surface area contributed by atoms with Gasteiger partial charge in [0.05, 0.1) is 36.4 Å². The zero-order valence-corrected chi connectivity index (χ0v) is 17.8. The fraction of sp³-hybridized carbons (Fsp3) is 0.250. The lowest BCUT2D eigenvalue weighted by Crippen LogP contribution is -2.40. The number of thioether (sulfide) groups is 1. The standard InChI is InChI=1S/C20H19ClN2O6S/c1-27-15-8-13(16(28-2)7-12(15)21)22-18(24)10-29-20(26)9-23-14-5-3-4-6-17(14)30-11-19(23)25/h3-8H,9-11H2,1-2H3,(H,22,24). The summed E-state index contributed by atoms with van der Waals surface area (Å²) in [5, 5.41) is 2.91. The average molecular weight is 451 g/mol. The maximum Gasteiger partial charge on any atom is 0.326 e. The minimum atomic E-state index is -0.694. The Balaban J connectivity index is 1.59. The first-order valence-electron chi connectivity index (χ1n) is 8.82. The van der Waals surface area contributed by atoms with Crippen molar-refractivity contribution >= 4 is 52.5 Å². The van der Waals surface area contributed by atoms with Crippen molar-refractivity contribution in [2.45, 2.75) is 4.90 Å². The zero-order valence-electron chi connectivity index (χ0n) is 16.3. The molecule has 0 radical (unpaired) electrons. The Labute approximate surface area is 182 Å². The number of para-hydroxylation sites is 1. The number of carbonyl (C=O) groups is 3. The number of hydrogen-bond acceptors (Lipinski definition) is 7.